The summed E-state index contributed by atoms with van der Waals surface area (Å²) in [5.74, 6) is -0.200. The Morgan fingerprint density at radius 2 is 2.04 bits per heavy atom. The Labute approximate surface area is 149 Å². The average Bonchev–Trinajstić information content (AvgIpc) is 2.59. The smallest absolute Gasteiger partial charge is 0.339 e. The summed E-state index contributed by atoms with van der Waals surface area (Å²) in [7, 11) is 0. The van der Waals surface area contributed by atoms with E-state index in [4.69, 9.17) is 4.74 Å². The first-order chi connectivity index (χ1) is 12.0. The second kappa shape index (κ2) is 6.43. The third kappa shape index (κ3) is 2.94. The molecule has 2 aliphatic rings. The van der Waals surface area contributed by atoms with Gasteiger partial charge in [0.1, 0.15) is 6.61 Å². The van der Waals surface area contributed by atoms with E-state index in [1.54, 1.807) is 0 Å². The Morgan fingerprint density at radius 3 is 2.80 bits per heavy atom. The van der Waals surface area contributed by atoms with Crippen molar-refractivity contribution in [2.24, 2.45) is 0 Å². The quantitative estimate of drug-likeness (QED) is 0.803. The summed E-state index contributed by atoms with van der Waals surface area (Å²) < 4.78 is 5.28. The van der Waals surface area contributed by atoms with E-state index in [0.717, 1.165) is 37.1 Å². The summed E-state index contributed by atoms with van der Waals surface area (Å²) in [6.07, 6.45) is 0. The largest absolute Gasteiger partial charge is 0.457 e. The zero-order valence-electron chi connectivity index (χ0n) is 15.3. The van der Waals surface area contributed by atoms with Gasteiger partial charge in [-0.05, 0) is 43.4 Å². The molecule has 4 heteroatoms. The molecule has 4 rings (SSSR count). The van der Waals surface area contributed by atoms with Gasteiger partial charge in [-0.15, -0.1) is 0 Å². The maximum Gasteiger partial charge on any atom is 0.339 e. The molecule has 1 fully saturated rings. The minimum atomic E-state index is -0.200. The van der Waals surface area contributed by atoms with Crippen LogP contribution in [0.15, 0.2) is 30.3 Å². The molecular weight excluding hydrogens is 312 g/mol. The zero-order valence-corrected chi connectivity index (χ0v) is 15.3. The minimum Gasteiger partial charge on any atom is -0.457 e. The van der Waals surface area contributed by atoms with Gasteiger partial charge >= 0.3 is 5.97 Å². The van der Waals surface area contributed by atoms with E-state index < -0.39 is 0 Å². The van der Waals surface area contributed by atoms with Gasteiger partial charge in [-0.25, -0.2) is 4.79 Å². The van der Waals surface area contributed by atoms with Crippen molar-refractivity contribution in [1.29, 1.82) is 0 Å². The number of carbonyl (C=O) groups excluding carboxylic acids is 1. The molecule has 25 heavy (non-hydrogen) atoms. The summed E-state index contributed by atoms with van der Waals surface area (Å²) in [5, 5.41) is 2.29. The predicted molar refractivity (Wildman–Crippen MR) is 99.6 cm³/mol. The van der Waals surface area contributed by atoms with Gasteiger partial charge in [-0.2, -0.15) is 0 Å². The number of ether oxygens (including phenoxy) is 1. The molecule has 2 aliphatic heterocycles. The number of benzene rings is 2. The Morgan fingerprint density at radius 1 is 1.20 bits per heavy atom. The first-order valence-electron chi connectivity index (χ1n) is 9.23. The summed E-state index contributed by atoms with van der Waals surface area (Å²) in [5.41, 5.74) is 3.13. The van der Waals surface area contributed by atoms with Crippen molar-refractivity contribution in [2.75, 3.05) is 19.6 Å². The SMILES string of the molecule is CC(C)N1CCN(Cc2ccc3c4c(cccc24)C(=O)OC3)CC1C. The van der Waals surface area contributed by atoms with E-state index >= 15 is 0 Å². The van der Waals surface area contributed by atoms with E-state index in [1.165, 1.54) is 10.9 Å². The van der Waals surface area contributed by atoms with Crippen LogP contribution in [0.3, 0.4) is 0 Å². The first-order valence-corrected chi connectivity index (χ1v) is 9.23. The molecule has 0 aliphatic carbocycles. The van der Waals surface area contributed by atoms with Crippen molar-refractivity contribution in [3.05, 3.63) is 47.0 Å². The molecule has 4 nitrogen and oxygen atoms in total. The summed E-state index contributed by atoms with van der Waals surface area (Å²) in [4.78, 5) is 17.2. The molecule has 2 aromatic carbocycles. The van der Waals surface area contributed by atoms with Gasteiger partial charge in [0.05, 0.1) is 5.56 Å². The van der Waals surface area contributed by atoms with Crippen molar-refractivity contribution in [3.8, 4) is 0 Å². The molecule has 0 spiro atoms. The zero-order chi connectivity index (χ0) is 17.6. The van der Waals surface area contributed by atoms with Crippen molar-refractivity contribution >= 4 is 16.7 Å². The third-order valence-corrected chi connectivity index (χ3v) is 5.62. The van der Waals surface area contributed by atoms with Gasteiger partial charge in [-0.1, -0.05) is 24.3 Å². The number of nitrogens with zero attached hydrogens (tertiary/aromatic N) is 2. The lowest BCUT2D eigenvalue weighted by molar-refractivity contribution is 0.0463. The van der Waals surface area contributed by atoms with E-state index in [-0.39, 0.29) is 5.97 Å². The van der Waals surface area contributed by atoms with Crippen molar-refractivity contribution in [2.45, 2.75) is 46.0 Å². The fourth-order valence-corrected chi connectivity index (χ4v) is 4.39. The average molecular weight is 338 g/mol. The third-order valence-electron chi connectivity index (χ3n) is 5.62. The molecule has 0 N–H and O–H groups in total. The topological polar surface area (TPSA) is 32.8 Å². The second-order valence-corrected chi connectivity index (χ2v) is 7.60. The van der Waals surface area contributed by atoms with Gasteiger partial charge in [0.2, 0.25) is 0 Å². The molecular formula is C21H26N2O2. The van der Waals surface area contributed by atoms with Crippen LogP contribution in [0.1, 0.15) is 42.3 Å². The van der Waals surface area contributed by atoms with E-state index in [2.05, 4.69) is 48.8 Å². The molecule has 1 saturated heterocycles. The number of hydrogen-bond acceptors (Lipinski definition) is 4. The van der Waals surface area contributed by atoms with Crippen LogP contribution in [0.4, 0.5) is 0 Å². The van der Waals surface area contributed by atoms with Crippen molar-refractivity contribution in [1.82, 2.24) is 9.80 Å². The van der Waals surface area contributed by atoms with Crippen LogP contribution in [0.5, 0.6) is 0 Å². The lowest BCUT2D eigenvalue weighted by atomic mass is 9.94. The molecule has 0 bridgehead atoms. The highest BCUT2D eigenvalue weighted by atomic mass is 16.5. The number of rotatable bonds is 3. The molecule has 2 aromatic rings. The Kier molecular flexibility index (Phi) is 4.26. The van der Waals surface area contributed by atoms with Crippen LogP contribution in [-0.4, -0.2) is 47.5 Å². The van der Waals surface area contributed by atoms with Crippen LogP contribution < -0.4 is 0 Å². The highest BCUT2D eigenvalue weighted by Crippen LogP contribution is 2.31. The Bertz CT molecular complexity index is 815. The van der Waals surface area contributed by atoms with E-state index in [9.17, 15) is 4.79 Å². The van der Waals surface area contributed by atoms with Crippen LogP contribution in [0, 0.1) is 0 Å². The van der Waals surface area contributed by atoms with Gasteiger partial charge in [-0.3, -0.25) is 9.80 Å². The highest BCUT2D eigenvalue weighted by molar-refractivity contribution is 6.08. The van der Waals surface area contributed by atoms with E-state index in [0.29, 0.717) is 24.3 Å². The Balaban J connectivity index is 1.63. The molecule has 132 valence electrons. The highest BCUT2D eigenvalue weighted by Gasteiger charge is 2.26. The first kappa shape index (κ1) is 16.6. The fourth-order valence-electron chi connectivity index (χ4n) is 4.39. The minimum absolute atomic E-state index is 0.200. The molecule has 0 amide bonds. The van der Waals surface area contributed by atoms with Crippen LogP contribution in [-0.2, 0) is 17.9 Å². The van der Waals surface area contributed by atoms with E-state index in [1.807, 2.05) is 12.1 Å². The number of piperazine rings is 1. The molecule has 0 radical (unpaired) electrons. The number of esters is 1. The lowest BCUT2D eigenvalue weighted by Gasteiger charge is -2.42. The number of carbonyl (C=O) groups is 1. The van der Waals surface area contributed by atoms with Crippen molar-refractivity contribution in [3.63, 3.8) is 0 Å². The Hall–Kier alpha value is -1.91. The van der Waals surface area contributed by atoms with Crippen LogP contribution in [0.25, 0.3) is 10.8 Å². The lowest BCUT2D eigenvalue weighted by Crippen LogP contribution is -2.53. The monoisotopic (exact) mass is 338 g/mol. The van der Waals surface area contributed by atoms with Crippen LogP contribution >= 0.6 is 0 Å². The molecule has 0 aromatic heterocycles. The maximum atomic E-state index is 12.1. The summed E-state index contributed by atoms with van der Waals surface area (Å²) in [6.45, 7) is 11.5. The van der Waals surface area contributed by atoms with Gasteiger partial charge in [0.25, 0.3) is 0 Å². The molecule has 1 atom stereocenters. The summed E-state index contributed by atoms with van der Waals surface area (Å²) in [6, 6.07) is 11.5. The van der Waals surface area contributed by atoms with Crippen molar-refractivity contribution < 1.29 is 9.53 Å². The molecule has 1 unspecified atom stereocenters. The maximum absolute atomic E-state index is 12.1. The van der Waals surface area contributed by atoms with Crippen LogP contribution in [0.2, 0.25) is 0 Å². The normalized spacial score (nSPS) is 21.8. The van der Waals surface area contributed by atoms with Gasteiger partial charge < -0.3 is 4.74 Å². The number of hydrogen-bond donors (Lipinski definition) is 0. The second-order valence-electron chi connectivity index (χ2n) is 7.60. The molecule has 0 saturated carbocycles. The predicted octanol–water partition coefficient (Wildman–Crippen LogP) is 3.42. The molecule has 2 heterocycles. The number of cyclic esters (lactones) is 1. The van der Waals surface area contributed by atoms with Gasteiger partial charge in [0.15, 0.2) is 0 Å². The van der Waals surface area contributed by atoms with Gasteiger partial charge in [0, 0.05) is 43.6 Å². The summed E-state index contributed by atoms with van der Waals surface area (Å²) >= 11 is 0. The standard InChI is InChI=1S/C21H26N2O2/c1-14(2)23-10-9-22(11-15(23)3)12-16-7-8-17-13-25-21(24)19-6-4-5-18(16)20(17)19/h4-8,14-15H,9-13H2,1-3H3. The fraction of sp³-hybridized carbons (Fsp3) is 0.476.